The standard InChI is InChI=1S/C11H13BrN2O5.ClH/c1-2-19-10(15)5-9(13)7-3-6(14(17)18)4-8(12)11(7)16;/h3-4,9,16H,2,5,13H2,1H3;1H/t9-;/m0./s1. The smallest absolute Gasteiger partial charge is 0.307 e. The molecule has 20 heavy (non-hydrogen) atoms. The van der Waals surface area contributed by atoms with E-state index in [1.54, 1.807) is 6.92 Å². The van der Waals surface area contributed by atoms with Gasteiger partial charge in [-0.15, -0.1) is 12.4 Å². The molecule has 112 valence electrons. The maximum absolute atomic E-state index is 11.3. The molecule has 0 saturated carbocycles. The molecule has 0 radical (unpaired) electrons. The van der Waals surface area contributed by atoms with E-state index in [0.717, 1.165) is 12.1 Å². The average molecular weight is 370 g/mol. The Hall–Kier alpha value is -1.38. The Bertz CT molecular complexity index is 512. The van der Waals surface area contributed by atoms with Gasteiger partial charge in [0.15, 0.2) is 0 Å². The molecule has 0 unspecified atom stereocenters. The summed E-state index contributed by atoms with van der Waals surface area (Å²) in [5.74, 6) is -0.751. The number of aromatic hydroxyl groups is 1. The highest BCUT2D eigenvalue weighted by Crippen LogP contribution is 2.36. The second-order valence-corrected chi connectivity index (χ2v) is 4.59. The minimum atomic E-state index is -0.879. The fourth-order valence-corrected chi connectivity index (χ4v) is 1.97. The summed E-state index contributed by atoms with van der Waals surface area (Å²) in [4.78, 5) is 21.4. The third-order valence-corrected chi connectivity index (χ3v) is 2.98. The van der Waals surface area contributed by atoms with Crippen LogP contribution in [0.1, 0.15) is 24.9 Å². The van der Waals surface area contributed by atoms with Gasteiger partial charge in [0.2, 0.25) is 0 Å². The Morgan fingerprint density at radius 1 is 1.60 bits per heavy atom. The van der Waals surface area contributed by atoms with Gasteiger partial charge in [0.1, 0.15) is 5.75 Å². The largest absolute Gasteiger partial charge is 0.506 e. The molecule has 0 fully saturated rings. The first-order chi connectivity index (χ1) is 8.86. The number of phenolic OH excluding ortho intramolecular Hbond substituents is 1. The van der Waals surface area contributed by atoms with E-state index in [0.29, 0.717) is 0 Å². The van der Waals surface area contributed by atoms with Crippen LogP contribution in [-0.4, -0.2) is 22.6 Å². The van der Waals surface area contributed by atoms with E-state index in [9.17, 15) is 20.0 Å². The number of ether oxygens (including phenoxy) is 1. The fraction of sp³-hybridized carbons (Fsp3) is 0.364. The molecule has 1 rings (SSSR count). The number of nitrogens with zero attached hydrogens (tertiary/aromatic N) is 1. The molecule has 0 aromatic heterocycles. The van der Waals surface area contributed by atoms with E-state index < -0.39 is 16.9 Å². The highest BCUT2D eigenvalue weighted by Gasteiger charge is 2.21. The maximum Gasteiger partial charge on any atom is 0.307 e. The number of halogens is 2. The molecule has 1 atom stereocenters. The van der Waals surface area contributed by atoms with Crippen LogP contribution in [0.15, 0.2) is 16.6 Å². The summed E-state index contributed by atoms with van der Waals surface area (Å²) in [6.45, 7) is 1.88. The molecule has 0 aliphatic carbocycles. The van der Waals surface area contributed by atoms with Crippen molar-refractivity contribution in [2.45, 2.75) is 19.4 Å². The Kier molecular flexibility index (Phi) is 7.48. The van der Waals surface area contributed by atoms with Crippen LogP contribution in [0.2, 0.25) is 0 Å². The molecule has 9 heteroatoms. The number of nitro groups is 1. The van der Waals surface area contributed by atoms with Crippen LogP contribution in [0, 0.1) is 10.1 Å². The Labute approximate surface area is 129 Å². The van der Waals surface area contributed by atoms with Gasteiger partial charge in [0.25, 0.3) is 5.69 Å². The third-order valence-electron chi connectivity index (χ3n) is 2.38. The number of nitrogens with two attached hydrogens (primary N) is 1. The Morgan fingerprint density at radius 3 is 2.70 bits per heavy atom. The van der Waals surface area contributed by atoms with Crippen molar-refractivity contribution in [1.82, 2.24) is 0 Å². The quantitative estimate of drug-likeness (QED) is 0.468. The number of carbonyl (C=O) groups is 1. The number of phenols is 1. The number of non-ortho nitro benzene ring substituents is 1. The monoisotopic (exact) mass is 368 g/mol. The van der Waals surface area contributed by atoms with Crippen molar-refractivity contribution in [3.63, 3.8) is 0 Å². The summed E-state index contributed by atoms with van der Waals surface area (Å²) in [5, 5.41) is 20.6. The maximum atomic E-state index is 11.3. The Morgan fingerprint density at radius 2 is 2.20 bits per heavy atom. The number of benzene rings is 1. The molecule has 0 spiro atoms. The van der Waals surface area contributed by atoms with E-state index >= 15 is 0 Å². The van der Waals surface area contributed by atoms with E-state index in [2.05, 4.69) is 15.9 Å². The van der Waals surface area contributed by atoms with Crippen LogP contribution in [0.5, 0.6) is 5.75 Å². The summed E-state index contributed by atoms with van der Waals surface area (Å²) in [5.41, 5.74) is 5.66. The molecule has 7 nitrogen and oxygen atoms in total. The number of esters is 1. The zero-order chi connectivity index (χ0) is 14.6. The SMILES string of the molecule is CCOC(=O)C[C@H](N)c1cc([N+](=O)[O-])cc(Br)c1O.Cl. The van der Waals surface area contributed by atoms with E-state index in [1.165, 1.54) is 0 Å². The molecule has 0 saturated heterocycles. The summed E-state index contributed by atoms with van der Waals surface area (Å²) < 4.78 is 4.88. The lowest BCUT2D eigenvalue weighted by Gasteiger charge is -2.13. The molecule has 0 aliphatic heterocycles. The van der Waals surface area contributed by atoms with Crippen LogP contribution in [0.3, 0.4) is 0 Å². The highest BCUT2D eigenvalue weighted by molar-refractivity contribution is 9.10. The van der Waals surface area contributed by atoms with Gasteiger partial charge in [-0.3, -0.25) is 14.9 Å². The van der Waals surface area contributed by atoms with Crippen LogP contribution in [0.25, 0.3) is 0 Å². The van der Waals surface area contributed by atoms with Crippen molar-refractivity contribution in [1.29, 1.82) is 0 Å². The number of rotatable bonds is 5. The lowest BCUT2D eigenvalue weighted by Crippen LogP contribution is -2.17. The number of carbonyl (C=O) groups excluding carboxylic acids is 1. The van der Waals surface area contributed by atoms with Gasteiger partial charge in [-0.2, -0.15) is 0 Å². The van der Waals surface area contributed by atoms with Crippen LogP contribution < -0.4 is 5.73 Å². The predicted octanol–water partition coefficient (Wildman–Crippen LogP) is 2.44. The van der Waals surface area contributed by atoms with Crippen molar-refractivity contribution < 1.29 is 19.6 Å². The van der Waals surface area contributed by atoms with Crippen molar-refractivity contribution in [2.75, 3.05) is 6.61 Å². The minimum absolute atomic E-state index is 0. The van der Waals surface area contributed by atoms with Gasteiger partial charge in [0, 0.05) is 23.7 Å². The van der Waals surface area contributed by atoms with Gasteiger partial charge >= 0.3 is 5.97 Å². The zero-order valence-electron chi connectivity index (χ0n) is 10.5. The van der Waals surface area contributed by atoms with Crippen molar-refractivity contribution in [3.05, 3.63) is 32.3 Å². The second-order valence-electron chi connectivity index (χ2n) is 3.74. The first-order valence-corrected chi connectivity index (χ1v) is 6.24. The van der Waals surface area contributed by atoms with Crippen molar-refractivity contribution in [3.8, 4) is 5.75 Å². The van der Waals surface area contributed by atoms with Gasteiger partial charge < -0.3 is 15.6 Å². The molecule has 0 bridgehead atoms. The number of hydrogen-bond donors (Lipinski definition) is 2. The predicted molar refractivity (Wildman–Crippen MR) is 77.9 cm³/mol. The fourth-order valence-electron chi connectivity index (χ4n) is 1.50. The molecule has 0 aliphatic rings. The summed E-state index contributed by atoms with van der Waals surface area (Å²) in [6, 6.07) is 1.43. The molecule has 0 amide bonds. The third kappa shape index (κ3) is 4.62. The molecule has 1 aromatic rings. The normalized spacial score (nSPS) is 11.3. The lowest BCUT2D eigenvalue weighted by atomic mass is 10.0. The minimum Gasteiger partial charge on any atom is -0.506 e. The van der Waals surface area contributed by atoms with Crippen molar-refractivity contribution in [2.24, 2.45) is 5.73 Å². The average Bonchev–Trinajstić information content (AvgIpc) is 2.32. The van der Waals surface area contributed by atoms with Crippen LogP contribution >= 0.6 is 28.3 Å². The van der Waals surface area contributed by atoms with Crippen molar-refractivity contribution >= 4 is 40.0 Å². The second kappa shape index (κ2) is 8.03. The molecule has 1 aromatic carbocycles. The van der Waals surface area contributed by atoms with Crippen LogP contribution in [-0.2, 0) is 9.53 Å². The Balaban J connectivity index is 0.00000361. The van der Waals surface area contributed by atoms with E-state index in [-0.39, 0.29) is 46.9 Å². The van der Waals surface area contributed by atoms with Crippen LogP contribution in [0.4, 0.5) is 5.69 Å². The zero-order valence-corrected chi connectivity index (χ0v) is 12.9. The van der Waals surface area contributed by atoms with E-state index in [4.69, 9.17) is 10.5 Å². The summed E-state index contributed by atoms with van der Waals surface area (Å²) >= 11 is 3.00. The molecular weight excluding hydrogens is 355 g/mol. The summed E-state index contributed by atoms with van der Waals surface area (Å²) in [7, 11) is 0. The van der Waals surface area contributed by atoms with Gasteiger partial charge in [-0.05, 0) is 22.9 Å². The lowest BCUT2D eigenvalue weighted by molar-refractivity contribution is -0.385. The number of nitro benzene ring substituents is 1. The molecule has 3 N–H and O–H groups in total. The molecule has 0 heterocycles. The first kappa shape index (κ1) is 18.6. The summed E-state index contributed by atoms with van der Waals surface area (Å²) in [6.07, 6.45) is -0.172. The van der Waals surface area contributed by atoms with Gasteiger partial charge in [0.05, 0.1) is 22.4 Å². The molecular formula is C11H14BrClN2O5. The van der Waals surface area contributed by atoms with Gasteiger partial charge in [-0.1, -0.05) is 0 Å². The number of hydrogen-bond acceptors (Lipinski definition) is 6. The highest BCUT2D eigenvalue weighted by atomic mass is 79.9. The van der Waals surface area contributed by atoms with Gasteiger partial charge in [-0.25, -0.2) is 0 Å². The first-order valence-electron chi connectivity index (χ1n) is 5.44. The van der Waals surface area contributed by atoms with E-state index in [1.807, 2.05) is 0 Å². The topological polar surface area (TPSA) is 116 Å².